The molecule has 2 aromatic rings. The van der Waals surface area contributed by atoms with Crippen LogP contribution < -0.4 is 9.64 Å². The SMILES string of the molecule is COc1ccccc1N1C(C)=CN2C1=NC1C2C(=O)N(Cc2cccc(C)c2)C(=O)N1C. The highest BCUT2D eigenvalue weighted by Gasteiger charge is 2.54. The van der Waals surface area contributed by atoms with Crippen molar-refractivity contribution in [2.24, 2.45) is 4.99 Å². The number of carbonyl (C=O) groups is 2. The Balaban J connectivity index is 1.49. The van der Waals surface area contributed by atoms with Gasteiger partial charge in [-0.15, -0.1) is 0 Å². The minimum atomic E-state index is -0.604. The third kappa shape index (κ3) is 2.94. The summed E-state index contributed by atoms with van der Waals surface area (Å²) < 4.78 is 5.54. The van der Waals surface area contributed by atoms with E-state index in [1.54, 1.807) is 19.1 Å². The number of urea groups is 1. The minimum absolute atomic E-state index is 0.231. The molecule has 0 radical (unpaired) electrons. The van der Waals surface area contributed by atoms with E-state index in [2.05, 4.69) is 0 Å². The maximum atomic E-state index is 13.6. The topological polar surface area (TPSA) is 68.7 Å². The number of carbonyl (C=O) groups excluding carboxylic acids is 2. The average Bonchev–Trinajstić information content (AvgIpc) is 3.30. The number of amides is 3. The van der Waals surface area contributed by atoms with Crippen LogP contribution in [0.3, 0.4) is 0 Å². The second-order valence-electron chi connectivity index (χ2n) is 8.28. The van der Waals surface area contributed by atoms with Crippen molar-refractivity contribution in [2.75, 3.05) is 19.1 Å². The van der Waals surface area contributed by atoms with E-state index in [0.29, 0.717) is 11.7 Å². The molecule has 3 aliphatic heterocycles. The molecule has 3 aliphatic rings. The Hall–Kier alpha value is -3.81. The summed E-state index contributed by atoms with van der Waals surface area (Å²) in [5.74, 6) is 1.08. The summed E-state index contributed by atoms with van der Waals surface area (Å²) in [7, 11) is 3.33. The molecule has 2 unspecified atom stereocenters. The molecule has 0 N–H and O–H groups in total. The van der Waals surface area contributed by atoms with E-state index in [4.69, 9.17) is 9.73 Å². The van der Waals surface area contributed by atoms with Gasteiger partial charge in [-0.1, -0.05) is 42.0 Å². The average molecular weight is 431 g/mol. The molecule has 0 aliphatic carbocycles. The van der Waals surface area contributed by atoms with Gasteiger partial charge in [0.1, 0.15) is 5.75 Å². The van der Waals surface area contributed by atoms with E-state index in [1.807, 2.05) is 78.4 Å². The molecule has 0 saturated carbocycles. The monoisotopic (exact) mass is 431 g/mol. The van der Waals surface area contributed by atoms with E-state index in [1.165, 1.54) is 4.90 Å². The Morgan fingerprint density at radius 1 is 1.06 bits per heavy atom. The summed E-state index contributed by atoms with van der Waals surface area (Å²) in [5.41, 5.74) is 3.76. The zero-order valence-electron chi connectivity index (χ0n) is 18.5. The van der Waals surface area contributed by atoms with Gasteiger partial charge in [0.05, 0.1) is 19.3 Å². The number of fused-ring (bicyclic) bond motifs is 3. The zero-order chi connectivity index (χ0) is 22.6. The van der Waals surface area contributed by atoms with Gasteiger partial charge in [0.2, 0.25) is 5.96 Å². The van der Waals surface area contributed by atoms with Crippen molar-refractivity contribution in [3.05, 3.63) is 71.6 Å². The Kier molecular flexibility index (Phi) is 4.65. The van der Waals surface area contributed by atoms with Crippen LogP contribution in [0.1, 0.15) is 18.1 Å². The minimum Gasteiger partial charge on any atom is -0.495 e. The number of methoxy groups -OCH3 is 1. The van der Waals surface area contributed by atoms with Gasteiger partial charge < -0.3 is 14.5 Å². The molecule has 32 heavy (non-hydrogen) atoms. The second kappa shape index (κ2) is 7.40. The maximum Gasteiger partial charge on any atom is 0.328 e. The van der Waals surface area contributed by atoms with Crippen LogP contribution in [0.5, 0.6) is 5.75 Å². The Morgan fingerprint density at radius 3 is 2.59 bits per heavy atom. The number of anilines is 1. The number of imide groups is 1. The third-order valence-electron chi connectivity index (χ3n) is 6.14. The molecule has 0 bridgehead atoms. The number of nitrogens with zero attached hydrogens (tertiary/aromatic N) is 5. The van der Waals surface area contributed by atoms with Gasteiger partial charge in [-0.3, -0.25) is 14.6 Å². The van der Waals surface area contributed by atoms with E-state index >= 15 is 0 Å². The van der Waals surface area contributed by atoms with Crippen molar-refractivity contribution < 1.29 is 14.3 Å². The Bertz CT molecular complexity index is 1170. The Morgan fingerprint density at radius 2 is 1.84 bits per heavy atom. The lowest BCUT2D eigenvalue weighted by molar-refractivity contribution is -0.137. The van der Waals surface area contributed by atoms with Gasteiger partial charge in [0.15, 0.2) is 12.2 Å². The van der Waals surface area contributed by atoms with E-state index < -0.39 is 12.2 Å². The number of aliphatic imine (C=N–C) groups is 1. The third-order valence-corrected chi connectivity index (χ3v) is 6.14. The van der Waals surface area contributed by atoms with Crippen LogP contribution in [0.4, 0.5) is 10.5 Å². The Labute approximate surface area is 187 Å². The highest BCUT2D eigenvalue weighted by atomic mass is 16.5. The van der Waals surface area contributed by atoms with Crippen LogP contribution in [0.25, 0.3) is 0 Å². The summed E-state index contributed by atoms with van der Waals surface area (Å²) >= 11 is 0. The molecule has 8 nitrogen and oxygen atoms in total. The van der Waals surface area contributed by atoms with Crippen LogP contribution in [-0.2, 0) is 11.3 Å². The number of aryl methyl sites for hydroxylation is 1. The van der Waals surface area contributed by atoms with Crippen molar-refractivity contribution >= 4 is 23.6 Å². The number of guanidine groups is 1. The first-order valence-corrected chi connectivity index (χ1v) is 10.5. The number of para-hydroxylation sites is 2. The fourth-order valence-corrected chi connectivity index (χ4v) is 4.60. The lowest BCUT2D eigenvalue weighted by atomic mass is 10.1. The largest absolute Gasteiger partial charge is 0.495 e. The summed E-state index contributed by atoms with van der Waals surface area (Å²) in [5, 5.41) is 0. The van der Waals surface area contributed by atoms with Crippen molar-refractivity contribution in [3.63, 3.8) is 0 Å². The molecular weight excluding hydrogens is 406 g/mol. The van der Waals surface area contributed by atoms with Crippen molar-refractivity contribution in [3.8, 4) is 5.75 Å². The number of hydrogen-bond donors (Lipinski definition) is 0. The zero-order valence-corrected chi connectivity index (χ0v) is 18.5. The smallest absolute Gasteiger partial charge is 0.328 e. The molecule has 0 spiro atoms. The van der Waals surface area contributed by atoms with Gasteiger partial charge in [0.25, 0.3) is 5.91 Å². The normalized spacial score (nSPS) is 22.1. The molecule has 3 heterocycles. The van der Waals surface area contributed by atoms with Gasteiger partial charge in [0, 0.05) is 18.9 Å². The second-order valence-corrected chi connectivity index (χ2v) is 8.28. The molecule has 1 fully saturated rings. The number of likely N-dealkylation sites (N-methyl/N-ethyl adjacent to an activating group) is 1. The molecule has 164 valence electrons. The van der Waals surface area contributed by atoms with Crippen LogP contribution in [0, 0.1) is 6.92 Å². The quantitative estimate of drug-likeness (QED) is 0.744. The molecule has 0 aromatic heterocycles. The lowest BCUT2D eigenvalue weighted by Gasteiger charge is -2.40. The summed E-state index contributed by atoms with van der Waals surface area (Å²) in [6.45, 7) is 4.19. The number of ether oxygens (including phenoxy) is 1. The highest BCUT2D eigenvalue weighted by Crippen LogP contribution is 2.39. The molecule has 5 rings (SSSR count). The van der Waals surface area contributed by atoms with Gasteiger partial charge in [-0.2, -0.15) is 0 Å². The molecule has 3 amide bonds. The summed E-state index contributed by atoms with van der Waals surface area (Å²) in [6, 6.07) is 14.6. The fraction of sp³-hybridized carbons (Fsp3) is 0.292. The van der Waals surface area contributed by atoms with Crippen LogP contribution >= 0.6 is 0 Å². The number of benzene rings is 2. The van der Waals surface area contributed by atoms with Crippen LogP contribution in [-0.4, -0.2) is 59.0 Å². The first-order valence-electron chi connectivity index (χ1n) is 10.5. The molecule has 2 atom stereocenters. The standard InChI is InChI=1S/C24H25N5O3/c1-15-8-7-9-17(12-15)14-28-22(30)20-21(26(3)24(28)31)25-23-27(20)13-16(2)29(23)18-10-5-6-11-19(18)32-4/h5-13,20-21H,14H2,1-4H3. The summed E-state index contributed by atoms with van der Waals surface area (Å²) in [4.78, 5) is 38.2. The van der Waals surface area contributed by atoms with Crippen molar-refractivity contribution in [2.45, 2.75) is 32.6 Å². The lowest BCUT2D eigenvalue weighted by Crippen LogP contribution is -2.63. The number of rotatable bonds is 4. The van der Waals surface area contributed by atoms with Gasteiger partial charge in [-0.25, -0.2) is 9.79 Å². The maximum absolute atomic E-state index is 13.6. The molecular formula is C24H25N5O3. The van der Waals surface area contributed by atoms with E-state index in [0.717, 1.165) is 22.5 Å². The number of hydrogen-bond acceptors (Lipinski definition) is 6. The van der Waals surface area contributed by atoms with Crippen LogP contribution in [0.15, 0.2) is 65.4 Å². The molecule has 8 heteroatoms. The van der Waals surface area contributed by atoms with Gasteiger partial charge in [-0.05, 0) is 31.5 Å². The first kappa shape index (κ1) is 20.1. The predicted molar refractivity (Wildman–Crippen MR) is 121 cm³/mol. The highest BCUT2D eigenvalue weighted by molar-refractivity contribution is 6.10. The van der Waals surface area contributed by atoms with Crippen molar-refractivity contribution in [1.82, 2.24) is 14.7 Å². The predicted octanol–water partition coefficient (Wildman–Crippen LogP) is 3.15. The van der Waals surface area contributed by atoms with E-state index in [9.17, 15) is 9.59 Å². The van der Waals surface area contributed by atoms with Gasteiger partial charge >= 0.3 is 6.03 Å². The van der Waals surface area contributed by atoms with Crippen LogP contribution in [0.2, 0.25) is 0 Å². The summed E-state index contributed by atoms with van der Waals surface area (Å²) in [6.07, 6.45) is 1.34. The molecule has 2 aromatic carbocycles. The van der Waals surface area contributed by atoms with E-state index in [-0.39, 0.29) is 18.5 Å². The number of allylic oxidation sites excluding steroid dienone is 1. The molecule has 1 saturated heterocycles. The first-order chi connectivity index (χ1) is 15.4. The van der Waals surface area contributed by atoms with Crippen molar-refractivity contribution in [1.29, 1.82) is 0 Å². The fourth-order valence-electron chi connectivity index (χ4n) is 4.60.